The van der Waals surface area contributed by atoms with Crippen molar-refractivity contribution < 1.29 is 4.42 Å². The fourth-order valence-corrected chi connectivity index (χ4v) is 8.57. The summed E-state index contributed by atoms with van der Waals surface area (Å²) in [5.41, 5.74) is 15.0. The molecule has 2 aliphatic rings. The smallest absolute Gasteiger partial charge is 0.160 e. The first-order valence-electron chi connectivity index (χ1n) is 17.5. The van der Waals surface area contributed by atoms with Crippen LogP contribution < -0.4 is 0 Å². The second kappa shape index (κ2) is 11.1. The SMILES string of the molecule is c1ccc(-c2cc(-c3ccccc3)nc(-c3ccc4oc5c(-c6ccc7c(c6)C6(CCCCC6)c6ccccc6-7)cccc5c4c3)n2)cc1. The quantitative estimate of drug-likeness (QED) is 0.194. The Labute approximate surface area is 285 Å². The zero-order valence-electron chi connectivity index (χ0n) is 27.2. The van der Waals surface area contributed by atoms with Crippen LogP contribution in [0.5, 0.6) is 0 Å². The van der Waals surface area contributed by atoms with Crippen LogP contribution in [0, 0.1) is 0 Å². The number of furan rings is 1. The fraction of sp³-hybridized carbons (Fsp3) is 0.130. The van der Waals surface area contributed by atoms with E-state index < -0.39 is 0 Å². The summed E-state index contributed by atoms with van der Waals surface area (Å²) in [5.74, 6) is 0.698. The van der Waals surface area contributed by atoms with E-state index in [2.05, 4.69) is 133 Å². The third-order valence-electron chi connectivity index (χ3n) is 10.9. The molecule has 3 heteroatoms. The summed E-state index contributed by atoms with van der Waals surface area (Å²) in [6.07, 6.45) is 6.33. The molecule has 1 fully saturated rings. The zero-order chi connectivity index (χ0) is 32.4. The van der Waals surface area contributed by atoms with E-state index in [1.165, 1.54) is 59.9 Å². The minimum Gasteiger partial charge on any atom is -0.455 e. The Balaban J connectivity index is 1.11. The third kappa shape index (κ3) is 4.49. The lowest BCUT2D eigenvalue weighted by Gasteiger charge is -2.36. The van der Waals surface area contributed by atoms with Gasteiger partial charge in [-0.25, -0.2) is 9.97 Å². The Hall–Kier alpha value is -5.80. The van der Waals surface area contributed by atoms with Crippen molar-refractivity contribution in [1.29, 1.82) is 0 Å². The predicted molar refractivity (Wildman–Crippen MR) is 200 cm³/mol. The van der Waals surface area contributed by atoms with Crippen LogP contribution in [0.4, 0.5) is 0 Å². The van der Waals surface area contributed by atoms with Crippen LogP contribution in [0.25, 0.3) is 78.1 Å². The van der Waals surface area contributed by atoms with E-state index in [-0.39, 0.29) is 5.41 Å². The van der Waals surface area contributed by atoms with Gasteiger partial charge in [0.1, 0.15) is 11.2 Å². The largest absolute Gasteiger partial charge is 0.455 e. The predicted octanol–water partition coefficient (Wildman–Crippen LogP) is 12.3. The molecule has 6 aromatic carbocycles. The van der Waals surface area contributed by atoms with E-state index >= 15 is 0 Å². The highest BCUT2D eigenvalue weighted by atomic mass is 16.3. The number of hydrogen-bond donors (Lipinski definition) is 0. The molecule has 8 aromatic rings. The van der Waals surface area contributed by atoms with Crippen LogP contribution in [0.15, 0.2) is 150 Å². The van der Waals surface area contributed by atoms with Crippen LogP contribution in [-0.2, 0) is 5.41 Å². The standard InChI is InChI=1S/C46H34N2O/c1-4-13-30(14-5-1)41-29-42(31-15-6-2-7-16-31)48-45(47-41)33-22-24-43-38(27-33)37-19-12-18-34(44(37)49-43)32-21-23-36-35-17-8-9-20-39(35)46(40(36)28-32)25-10-3-11-26-46/h1-2,4-9,12-24,27-29H,3,10-11,25-26H2. The second-order valence-corrected chi connectivity index (χ2v) is 13.6. The van der Waals surface area contributed by atoms with Crippen LogP contribution >= 0.6 is 0 Å². The molecule has 0 radical (unpaired) electrons. The molecule has 0 N–H and O–H groups in total. The Kier molecular flexibility index (Phi) is 6.42. The topological polar surface area (TPSA) is 38.9 Å². The van der Waals surface area contributed by atoms with Crippen molar-refractivity contribution >= 4 is 21.9 Å². The number of benzene rings is 6. The maximum atomic E-state index is 6.69. The van der Waals surface area contributed by atoms with Crippen LogP contribution in [0.3, 0.4) is 0 Å². The summed E-state index contributed by atoms with van der Waals surface area (Å²) < 4.78 is 6.69. The van der Waals surface area contributed by atoms with Crippen LogP contribution in [0.2, 0.25) is 0 Å². The van der Waals surface area contributed by atoms with E-state index in [9.17, 15) is 0 Å². The van der Waals surface area contributed by atoms with Crippen molar-refractivity contribution in [2.24, 2.45) is 0 Å². The normalized spacial score (nSPS) is 14.7. The highest BCUT2D eigenvalue weighted by Crippen LogP contribution is 2.56. The van der Waals surface area contributed by atoms with Gasteiger partial charge in [0.2, 0.25) is 0 Å². The molecular weight excluding hydrogens is 597 g/mol. The lowest BCUT2D eigenvalue weighted by Crippen LogP contribution is -2.28. The summed E-state index contributed by atoms with van der Waals surface area (Å²) in [5, 5.41) is 2.18. The van der Waals surface area contributed by atoms with Crippen molar-refractivity contribution in [2.75, 3.05) is 0 Å². The van der Waals surface area contributed by atoms with E-state index in [1.54, 1.807) is 0 Å². The molecule has 0 aliphatic heterocycles. The average molecular weight is 631 g/mol. The molecule has 2 aromatic heterocycles. The van der Waals surface area contributed by atoms with Crippen molar-refractivity contribution in [3.63, 3.8) is 0 Å². The minimum atomic E-state index is 0.115. The zero-order valence-corrected chi connectivity index (χ0v) is 27.2. The monoisotopic (exact) mass is 630 g/mol. The van der Waals surface area contributed by atoms with Crippen molar-refractivity contribution in [3.05, 3.63) is 157 Å². The minimum absolute atomic E-state index is 0.115. The summed E-state index contributed by atoms with van der Waals surface area (Å²) in [6, 6.07) is 51.9. The van der Waals surface area contributed by atoms with E-state index in [0.717, 1.165) is 55.6 Å². The van der Waals surface area contributed by atoms with Gasteiger partial charge < -0.3 is 4.42 Å². The van der Waals surface area contributed by atoms with Gasteiger partial charge in [0, 0.05) is 38.4 Å². The summed E-state index contributed by atoms with van der Waals surface area (Å²) in [4.78, 5) is 10.2. The highest BCUT2D eigenvalue weighted by Gasteiger charge is 2.43. The molecule has 0 atom stereocenters. The third-order valence-corrected chi connectivity index (χ3v) is 10.9. The fourth-order valence-electron chi connectivity index (χ4n) is 8.57. The first kappa shape index (κ1) is 28.2. The first-order valence-corrected chi connectivity index (χ1v) is 17.5. The van der Waals surface area contributed by atoms with Crippen molar-refractivity contribution in [3.8, 4) is 56.2 Å². The van der Waals surface area contributed by atoms with Gasteiger partial charge in [-0.3, -0.25) is 0 Å². The number of nitrogens with zero attached hydrogens (tertiary/aromatic N) is 2. The van der Waals surface area contributed by atoms with Gasteiger partial charge in [0.05, 0.1) is 11.4 Å². The Bertz CT molecular complexity index is 2470. The molecule has 0 saturated heterocycles. The molecule has 1 spiro atoms. The molecule has 0 amide bonds. The van der Waals surface area contributed by atoms with Crippen LogP contribution in [-0.4, -0.2) is 9.97 Å². The van der Waals surface area contributed by atoms with E-state index in [1.807, 2.05) is 12.1 Å². The lowest BCUT2D eigenvalue weighted by molar-refractivity contribution is 0.353. The van der Waals surface area contributed by atoms with Gasteiger partial charge in [-0.2, -0.15) is 0 Å². The summed E-state index contributed by atoms with van der Waals surface area (Å²) in [7, 11) is 0. The Morgan fingerprint density at radius 3 is 1.86 bits per heavy atom. The maximum Gasteiger partial charge on any atom is 0.160 e. The number of fused-ring (bicyclic) bond motifs is 8. The number of para-hydroxylation sites is 1. The van der Waals surface area contributed by atoms with Crippen LogP contribution in [0.1, 0.15) is 43.2 Å². The molecular formula is C46H34N2O. The first-order chi connectivity index (χ1) is 24.2. The van der Waals surface area contributed by atoms with Gasteiger partial charge in [-0.05, 0) is 71.0 Å². The van der Waals surface area contributed by atoms with Gasteiger partial charge in [-0.15, -0.1) is 0 Å². The molecule has 1 saturated carbocycles. The lowest BCUT2D eigenvalue weighted by atomic mass is 9.67. The molecule has 3 nitrogen and oxygen atoms in total. The molecule has 10 rings (SSSR count). The van der Waals surface area contributed by atoms with Gasteiger partial charge >= 0.3 is 0 Å². The maximum absolute atomic E-state index is 6.69. The molecule has 0 unspecified atom stereocenters. The van der Waals surface area contributed by atoms with Crippen molar-refractivity contribution in [1.82, 2.24) is 9.97 Å². The van der Waals surface area contributed by atoms with Gasteiger partial charge in [0.25, 0.3) is 0 Å². The highest BCUT2D eigenvalue weighted by molar-refractivity contribution is 6.10. The summed E-state index contributed by atoms with van der Waals surface area (Å²) >= 11 is 0. The molecule has 2 aliphatic carbocycles. The van der Waals surface area contributed by atoms with Crippen molar-refractivity contribution in [2.45, 2.75) is 37.5 Å². The number of hydrogen-bond acceptors (Lipinski definition) is 3. The van der Waals surface area contributed by atoms with Gasteiger partial charge in [0.15, 0.2) is 5.82 Å². The van der Waals surface area contributed by atoms with E-state index in [4.69, 9.17) is 14.4 Å². The number of rotatable bonds is 4. The second-order valence-electron chi connectivity index (χ2n) is 13.6. The molecule has 49 heavy (non-hydrogen) atoms. The number of aromatic nitrogens is 2. The van der Waals surface area contributed by atoms with Gasteiger partial charge in [-0.1, -0.05) is 135 Å². The summed E-state index contributed by atoms with van der Waals surface area (Å²) in [6.45, 7) is 0. The Morgan fingerprint density at radius 2 is 1.10 bits per heavy atom. The molecule has 0 bridgehead atoms. The average Bonchev–Trinajstić information content (AvgIpc) is 3.68. The Morgan fingerprint density at radius 1 is 0.449 bits per heavy atom. The molecule has 2 heterocycles. The molecule has 234 valence electrons. The van der Waals surface area contributed by atoms with E-state index in [0.29, 0.717) is 5.82 Å².